The van der Waals surface area contributed by atoms with Crippen molar-refractivity contribution in [1.29, 1.82) is 5.26 Å². The Kier molecular flexibility index (Phi) is 6.24. The number of urea groups is 1. The molecule has 2 aromatic carbocycles. The number of carbonyl (C=O) groups is 2. The van der Waals surface area contributed by atoms with Gasteiger partial charge >= 0.3 is 6.03 Å². The molecule has 2 atom stereocenters. The van der Waals surface area contributed by atoms with E-state index < -0.39 is 29.7 Å². The van der Waals surface area contributed by atoms with Crippen molar-refractivity contribution >= 4 is 34.2 Å². The summed E-state index contributed by atoms with van der Waals surface area (Å²) < 4.78 is 26.6. The summed E-state index contributed by atoms with van der Waals surface area (Å²) in [5, 5.41) is 15.0. The second-order valence-electron chi connectivity index (χ2n) is 7.94. The fourth-order valence-electron chi connectivity index (χ4n) is 4.05. The van der Waals surface area contributed by atoms with Crippen molar-refractivity contribution < 1.29 is 18.4 Å². The minimum Gasteiger partial charge on any atom is -0.361 e. The average Bonchev–Trinajstić information content (AvgIpc) is 3.39. The molecule has 3 amide bonds. The molecule has 0 aliphatic carbocycles. The molecule has 0 saturated carbocycles. The largest absolute Gasteiger partial charge is 0.361 e. The van der Waals surface area contributed by atoms with Gasteiger partial charge in [-0.05, 0) is 55.2 Å². The third-order valence-electron chi connectivity index (χ3n) is 5.59. The number of nitrogens with two attached hydrogens (primary N) is 1. The summed E-state index contributed by atoms with van der Waals surface area (Å²) >= 11 is 0. The standard InChI is InChI=1S/C23H22F2N6O2/c24-14-7-15(25)9-17(8-14)30-23(33)29-16-3-4-21-19(10-16)13(12-28-21)6-20(27)22(32)31-5-1-2-18(31)11-26/h3-4,7-10,12,18,20,28H,1-2,5-6,27H2,(H2,29,30,33)/t18-,20-/m0/s1. The molecule has 1 aromatic heterocycles. The van der Waals surface area contributed by atoms with Crippen LogP contribution in [0.2, 0.25) is 0 Å². The summed E-state index contributed by atoms with van der Waals surface area (Å²) in [6.45, 7) is 0.525. The normalized spacial score (nSPS) is 16.4. The molecule has 3 aromatic rings. The molecule has 4 rings (SSSR count). The van der Waals surface area contributed by atoms with E-state index in [2.05, 4.69) is 21.7 Å². The number of hydrogen-bond donors (Lipinski definition) is 4. The van der Waals surface area contributed by atoms with Gasteiger partial charge in [0.2, 0.25) is 5.91 Å². The molecule has 0 spiro atoms. The van der Waals surface area contributed by atoms with E-state index in [-0.39, 0.29) is 18.0 Å². The van der Waals surface area contributed by atoms with Crippen LogP contribution in [-0.2, 0) is 11.2 Å². The summed E-state index contributed by atoms with van der Waals surface area (Å²) in [5.74, 6) is -1.86. The Morgan fingerprint density at radius 2 is 1.91 bits per heavy atom. The number of anilines is 2. The molecule has 8 nitrogen and oxygen atoms in total. The maximum absolute atomic E-state index is 13.3. The van der Waals surface area contributed by atoms with Crippen LogP contribution < -0.4 is 16.4 Å². The molecule has 170 valence electrons. The Labute approximate surface area is 188 Å². The molecule has 1 aliphatic rings. The van der Waals surface area contributed by atoms with Crippen molar-refractivity contribution in [3.8, 4) is 6.07 Å². The highest BCUT2D eigenvalue weighted by atomic mass is 19.1. The summed E-state index contributed by atoms with van der Waals surface area (Å²) in [6.07, 6.45) is 3.44. The minimum absolute atomic E-state index is 0.0181. The van der Waals surface area contributed by atoms with Gasteiger partial charge in [-0.1, -0.05) is 0 Å². The average molecular weight is 452 g/mol. The van der Waals surface area contributed by atoms with Crippen molar-refractivity contribution in [3.63, 3.8) is 0 Å². The van der Waals surface area contributed by atoms with Crippen LogP contribution in [-0.4, -0.2) is 40.5 Å². The van der Waals surface area contributed by atoms with Gasteiger partial charge in [-0.3, -0.25) is 4.79 Å². The van der Waals surface area contributed by atoms with E-state index in [1.165, 1.54) is 4.90 Å². The molecular formula is C23H22F2N6O2. The van der Waals surface area contributed by atoms with Crippen LogP contribution >= 0.6 is 0 Å². The van der Waals surface area contributed by atoms with E-state index in [1.807, 2.05) is 0 Å². The zero-order valence-corrected chi connectivity index (χ0v) is 17.6. The van der Waals surface area contributed by atoms with Crippen LogP contribution in [0, 0.1) is 23.0 Å². The van der Waals surface area contributed by atoms with E-state index in [0.717, 1.165) is 35.0 Å². The van der Waals surface area contributed by atoms with Gasteiger partial charge in [-0.25, -0.2) is 13.6 Å². The van der Waals surface area contributed by atoms with E-state index in [9.17, 15) is 23.6 Å². The Bertz CT molecular complexity index is 1230. The van der Waals surface area contributed by atoms with Gasteiger partial charge in [0.25, 0.3) is 0 Å². The van der Waals surface area contributed by atoms with Crippen LogP contribution in [0.5, 0.6) is 0 Å². The molecule has 0 unspecified atom stereocenters. The second kappa shape index (κ2) is 9.26. The molecule has 0 radical (unpaired) electrons. The Morgan fingerprint density at radius 1 is 1.18 bits per heavy atom. The first-order chi connectivity index (χ1) is 15.8. The molecule has 2 heterocycles. The monoisotopic (exact) mass is 452 g/mol. The van der Waals surface area contributed by atoms with Crippen LogP contribution in [0.15, 0.2) is 42.6 Å². The van der Waals surface area contributed by atoms with E-state index in [0.29, 0.717) is 24.7 Å². The fraction of sp³-hybridized carbons (Fsp3) is 0.261. The maximum Gasteiger partial charge on any atom is 0.323 e. The summed E-state index contributed by atoms with van der Waals surface area (Å²) in [5.41, 5.74) is 8.18. The highest BCUT2D eigenvalue weighted by Crippen LogP contribution is 2.25. The molecule has 33 heavy (non-hydrogen) atoms. The van der Waals surface area contributed by atoms with E-state index in [1.54, 1.807) is 24.4 Å². The number of likely N-dealkylation sites (tertiary alicyclic amines) is 1. The quantitative estimate of drug-likeness (QED) is 0.473. The van der Waals surface area contributed by atoms with E-state index in [4.69, 9.17) is 5.73 Å². The lowest BCUT2D eigenvalue weighted by atomic mass is 10.0. The van der Waals surface area contributed by atoms with Crippen LogP contribution in [0.1, 0.15) is 18.4 Å². The topological polar surface area (TPSA) is 127 Å². The number of fused-ring (bicyclic) bond motifs is 1. The number of hydrogen-bond acceptors (Lipinski definition) is 4. The van der Waals surface area contributed by atoms with Crippen molar-refractivity contribution in [2.45, 2.75) is 31.3 Å². The third-order valence-corrected chi connectivity index (χ3v) is 5.59. The number of carbonyl (C=O) groups excluding carboxylic acids is 2. The second-order valence-corrected chi connectivity index (χ2v) is 7.94. The van der Waals surface area contributed by atoms with Gasteiger partial charge in [0.1, 0.15) is 17.7 Å². The number of nitrogens with one attached hydrogen (secondary N) is 3. The lowest BCUT2D eigenvalue weighted by molar-refractivity contribution is -0.132. The minimum atomic E-state index is -0.805. The van der Waals surface area contributed by atoms with Crippen molar-refractivity contribution in [1.82, 2.24) is 9.88 Å². The van der Waals surface area contributed by atoms with Crippen LogP contribution in [0.25, 0.3) is 10.9 Å². The SMILES string of the molecule is N#C[C@@H]1CCCN1C(=O)[C@@H](N)Cc1c[nH]c2ccc(NC(=O)Nc3cc(F)cc(F)c3)cc12. The lowest BCUT2D eigenvalue weighted by Crippen LogP contribution is -2.46. The molecular weight excluding hydrogens is 430 g/mol. The van der Waals surface area contributed by atoms with Crippen molar-refractivity contribution in [3.05, 3.63) is 59.8 Å². The van der Waals surface area contributed by atoms with Gasteiger partial charge in [-0.15, -0.1) is 0 Å². The zero-order valence-electron chi connectivity index (χ0n) is 17.6. The van der Waals surface area contributed by atoms with Gasteiger partial charge < -0.3 is 26.3 Å². The van der Waals surface area contributed by atoms with Gasteiger partial charge in [-0.2, -0.15) is 5.26 Å². The number of nitriles is 1. The first kappa shape index (κ1) is 22.2. The number of aromatic nitrogens is 1. The molecule has 1 fully saturated rings. The summed E-state index contributed by atoms with van der Waals surface area (Å²) in [6, 6.07) is 8.11. The summed E-state index contributed by atoms with van der Waals surface area (Å²) in [7, 11) is 0. The molecule has 1 aliphatic heterocycles. The maximum atomic E-state index is 13.3. The predicted octanol–water partition coefficient (Wildman–Crippen LogP) is 3.47. The summed E-state index contributed by atoms with van der Waals surface area (Å²) in [4.78, 5) is 29.6. The first-order valence-corrected chi connectivity index (χ1v) is 10.4. The highest BCUT2D eigenvalue weighted by molar-refractivity contribution is 6.01. The Morgan fingerprint density at radius 3 is 2.64 bits per heavy atom. The van der Waals surface area contributed by atoms with Crippen LogP contribution in [0.3, 0.4) is 0 Å². The molecule has 5 N–H and O–H groups in total. The molecule has 10 heteroatoms. The van der Waals surface area contributed by atoms with Crippen LogP contribution in [0.4, 0.5) is 25.0 Å². The third kappa shape index (κ3) is 4.94. The Balaban J connectivity index is 1.46. The highest BCUT2D eigenvalue weighted by Gasteiger charge is 2.31. The Hall–Kier alpha value is -3.97. The van der Waals surface area contributed by atoms with E-state index >= 15 is 0 Å². The number of nitrogens with zero attached hydrogens (tertiary/aromatic N) is 2. The number of aromatic amines is 1. The van der Waals surface area contributed by atoms with Crippen molar-refractivity contribution in [2.75, 3.05) is 17.2 Å². The molecule has 1 saturated heterocycles. The number of amides is 3. The number of halogens is 2. The predicted molar refractivity (Wildman–Crippen MR) is 119 cm³/mol. The first-order valence-electron chi connectivity index (χ1n) is 10.4. The number of benzene rings is 2. The molecule has 0 bridgehead atoms. The number of H-pyrrole nitrogens is 1. The fourth-order valence-corrected chi connectivity index (χ4v) is 4.05. The van der Waals surface area contributed by atoms with Gasteiger partial charge in [0.15, 0.2) is 0 Å². The number of rotatable bonds is 5. The lowest BCUT2D eigenvalue weighted by Gasteiger charge is -2.23. The van der Waals surface area contributed by atoms with Gasteiger partial charge in [0.05, 0.1) is 12.1 Å². The van der Waals surface area contributed by atoms with Gasteiger partial charge in [0, 0.05) is 41.1 Å². The smallest absolute Gasteiger partial charge is 0.323 e. The zero-order chi connectivity index (χ0) is 23.5. The van der Waals surface area contributed by atoms with Crippen molar-refractivity contribution in [2.24, 2.45) is 5.73 Å².